The van der Waals surface area contributed by atoms with Gasteiger partial charge in [0.1, 0.15) is 5.75 Å². The van der Waals surface area contributed by atoms with Crippen LogP contribution in [0.1, 0.15) is 12.5 Å². The molecule has 0 aliphatic carbocycles. The number of hydrogen-bond acceptors (Lipinski definition) is 4. The lowest BCUT2D eigenvalue weighted by atomic mass is 10.1. The SMILES string of the molecule is CN=C(NCc1ccc(OCC(F)(F)F)cc1)NCC(C)CN1CCN(C)CC1.I. The zero-order valence-corrected chi connectivity index (χ0v) is 20.2. The number of guanidine groups is 1. The van der Waals surface area contributed by atoms with Gasteiger partial charge >= 0.3 is 6.18 Å². The summed E-state index contributed by atoms with van der Waals surface area (Å²) in [7, 11) is 3.87. The van der Waals surface area contributed by atoms with Gasteiger partial charge in [-0.15, -0.1) is 24.0 Å². The maximum Gasteiger partial charge on any atom is 0.422 e. The Morgan fingerprint density at radius 3 is 2.33 bits per heavy atom. The fourth-order valence-corrected chi connectivity index (χ4v) is 3.08. The number of ether oxygens (including phenoxy) is 1. The van der Waals surface area contributed by atoms with Crippen LogP contribution in [-0.2, 0) is 6.54 Å². The van der Waals surface area contributed by atoms with Gasteiger partial charge in [-0.3, -0.25) is 4.99 Å². The number of halogens is 4. The highest BCUT2D eigenvalue weighted by atomic mass is 127. The minimum atomic E-state index is -4.33. The van der Waals surface area contributed by atoms with Gasteiger partial charge in [0.25, 0.3) is 0 Å². The average molecular weight is 543 g/mol. The largest absolute Gasteiger partial charge is 0.484 e. The normalized spacial score (nSPS) is 17.2. The van der Waals surface area contributed by atoms with E-state index in [0.29, 0.717) is 18.4 Å². The lowest BCUT2D eigenvalue weighted by Gasteiger charge is -2.34. The molecule has 1 fully saturated rings. The summed E-state index contributed by atoms with van der Waals surface area (Å²) in [5, 5.41) is 6.56. The summed E-state index contributed by atoms with van der Waals surface area (Å²) in [6.07, 6.45) is -4.33. The smallest absolute Gasteiger partial charge is 0.422 e. The number of piperazine rings is 1. The summed E-state index contributed by atoms with van der Waals surface area (Å²) in [5.74, 6) is 1.39. The molecule has 1 aromatic rings. The molecule has 0 spiro atoms. The summed E-state index contributed by atoms with van der Waals surface area (Å²) in [4.78, 5) is 9.07. The maximum absolute atomic E-state index is 12.2. The van der Waals surface area contributed by atoms with Crippen LogP contribution in [0.4, 0.5) is 13.2 Å². The fourth-order valence-electron chi connectivity index (χ4n) is 3.08. The van der Waals surface area contributed by atoms with E-state index in [1.807, 2.05) is 0 Å². The molecule has 1 aliphatic rings. The molecule has 0 radical (unpaired) electrons. The Labute approximate surface area is 194 Å². The molecule has 10 heteroatoms. The van der Waals surface area contributed by atoms with Crippen LogP contribution in [0.15, 0.2) is 29.3 Å². The Hall–Kier alpha value is -1.27. The molecular weight excluding hydrogens is 510 g/mol. The van der Waals surface area contributed by atoms with Crippen molar-refractivity contribution in [2.45, 2.75) is 19.6 Å². The van der Waals surface area contributed by atoms with Gasteiger partial charge in [0.2, 0.25) is 0 Å². The number of alkyl halides is 3. The molecule has 2 rings (SSSR count). The molecule has 1 aromatic carbocycles. The Bertz CT molecular complexity index is 634. The minimum Gasteiger partial charge on any atom is -0.484 e. The van der Waals surface area contributed by atoms with E-state index in [-0.39, 0.29) is 29.7 Å². The van der Waals surface area contributed by atoms with Crippen molar-refractivity contribution in [1.82, 2.24) is 20.4 Å². The van der Waals surface area contributed by atoms with Crippen LogP contribution in [0.2, 0.25) is 0 Å². The van der Waals surface area contributed by atoms with E-state index in [1.54, 1.807) is 19.2 Å². The first kappa shape index (κ1) is 26.8. The Morgan fingerprint density at radius 2 is 1.77 bits per heavy atom. The number of nitrogens with zero attached hydrogens (tertiary/aromatic N) is 3. The second-order valence-corrected chi connectivity index (χ2v) is 7.56. The molecule has 30 heavy (non-hydrogen) atoms. The van der Waals surface area contributed by atoms with Gasteiger partial charge in [-0.05, 0) is 30.7 Å². The van der Waals surface area contributed by atoms with Gasteiger partial charge in [-0.25, -0.2) is 0 Å². The third kappa shape index (κ3) is 10.7. The highest BCUT2D eigenvalue weighted by Crippen LogP contribution is 2.18. The molecule has 1 aliphatic heterocycles. The number of likely N-dealkylation sites (N-methyl/N-ethyl adjacent to an activating group) is 1. The fraction of sp³-hybridized carbons (Fsp3) is 0.650. The molecule has 0 saturated carbocycles. The number of aliphatic imine (C=N–C) groups is 1. The first-order chi connectivity index (χ1) is 13.7. The lowest BCUT2D eigenvalue weighted by molar-refractivity contribution is -0.153. The second kappa shape index (κ2) is 13.2. The predicted molar refractivity (Wildman–Crippen MR) is 125 cm³/mol. The van der Waals surface area contributed by atoms with Crippen molar-refractivity contribution in [3.8, 4) is 5.75 Å². The van der Waals surface area contributed by atoms with E-state index in [4.69, 9.17) is 4.74 Å². The Kier molecular flexibility index (Phi) is 11.8. The highest BCUT2D eigenvalue weighted by Gasteiger charge is 2.28. The molecule has 0 amide bonds. The standard InChI is InChI=1S/C20H32F3N5O.HI/c1-16(14-28-10-8-27(3)9-11-28)12-25-19(24-2)26-13-17-4-6-18(7-5-17)29-15-20(21,22)23;/h4-7,16H,8-15H2,1-3H3,(H2,24,25,26);1H. The van der Waals surface area contributed by atoms with Crippen molar-refractivity contribution in [3.05, 3.63) is 29.8 Å². The molecule has 1 unspecified atom stereocenters. The van der Waals surface area contributed by atoms with E-state index < -0.39 is 12.8 Å². The van der Waals surface area contributed by atoms with E-state index in [2.05, 4.69) is 39.4 Å². The molecule has 6 nitrogen and oxygen atoms in total. The number of rotatable bonds is 8. The molecule has 1 heterocycles. The number of benzene rings is 1. The average Bonchev–Trinajstić information content (AvgIpc) is 2.68. The summed E-state index contributed by atoms with van der Waals surface area (Å²) in [5.41, 5.74) is 0.929. The quantitative estimate of drug-likeness (QED) is 0.300. The maximum atomic E-state index is 12.2. The first-order valence-corrected chi connectivity index (χ1v) is 9.89. The van der Waals surface area contributed by atoms with Gasteiger partial charge in [-0.2, -0.15) is 13.2 Å². The van der Waals surface area contributed by atoms with E-state index in [0.717, 1.165) is 44.8 Å². The van der Waals surface area contributed by atoms with Gasteiger partial charge in [0.05, 0.1) is 0 Å². The van der Waals surface area contributed by atoms with Crippen molar-refractivity contribution in [2.24, 2.45) is 10.9 Å². The van der Waals surface area contributed by atoms with Crippen LogP contribution in [0, 0.1) is 5.92 Å². The van der Waals surface area contributed by atoms with Crippen LogP contribution in [0.25, 0.3) is 0 Å². The number of hydrogen-bond donors (Lipinski definition) is 2. The Morgan fingerprint density at radius 1 is 1.13 bits per heavy atom. The van der Waals surface area contributed by atoms with Crippen molar-refractivity contribution >= 4 is 29.9 Å². The van der Waals surface area contributed by atoms with E-state index in [1.165, 1.54) is 12.1 Å². The van der Waals surface area contributed by atoms with Gasteiger partial charge in [0.15, 0.2) is 12.6 Å². The van der Waals surface area contributed by atoms with E-state index in [9.17, 15) is 13.2 Å². The lowest BCUT2D eigenvalue weighted by Crippen LogP contribution is -2.47. The monoisotopic (exact) mass is 543 g/mol. The minimum absolute atomic E-state index is 0. The number of nitrogens with one attached hydrogen (secondary N) is 2. The Balaban J connectivity index is 0.00000450. The van der Waals surface area contributed by atoms with Gasteiger partial charge in [-0.1, -0.05) is 19.1 Å². The van der Waals surface area contributed by atoms with Gasteiger partial charge in [0, 0.05) is 52.9 Å². The molecule has 172 valence electrons. The molecule has 1 saturated heterocycles. The van der Waals surface area contributed by atoms with Crippen molar-refractivity contribution in [3.63, 3.8) is 0 Å². The highest BCUT2D eigenvalue weighted by molar-refractivity contribution is 14.0. The molecule has 0 bridgehead atoms. The third-order valence-electron chi connectivity index (χ3n) is 4.79. The molecule has 1 atom stereocenters. The summed E-state index contributed by atoms with van der Waals surface area (Å²) >= 11 is 0. The summed E-state index contributed by atoms with van der Waals surface area (Å²) in [6, 6.07) is 6.55. The summed E-state index contributed by atoms with van der Waals surface area (Å²) < 4.78 is 41.3. The van der Waals surface area contributed by atoms with Crippen LogP contribution in [0.3, 0.4) is 0 Å². The zero-order valence-electron chi connectivity index (χ0n) is 17.8. The first-order valence-electron chi connectivity index (χ1n) is 9.89. The van der Waals surface area contributed by atoms with Crippen molar-refractivity contribution in [2.75, 3.05) is 60.0 Å². The molecule has 0 aromatic heterocycles. The van der Waals surface area contributed by atoms with Crippen LogP contribution in [0.5, 0.6) is 5.75 Å². The summed E-state index contributed by atoms with van der Waals surface area (Å²) in [6.45, 7) is 7.77. The molecule has 2 N–H and O–H groups in total. The zero-order chi connectivity index (χ0) is 21.3. The van der Waals surface area contributed by atoms with Crippen LogP contribution >= 0.6 is 24.0 Å². The van der Waals surface area contributed by atoms with E-state index >= 15 is 0 Å². The third-order valence-corrected chi connectivity index (χ3v) is 4.79. The van der Waals surface area contributed by atoms with Crippen molar-refractivity contribution in [1.29, 1.82) is 0 Å². The molecular formula is C20H33F3IN5O. The van der Waals surface area contributed by atoms with Gasteiger partial charge < -0.3 is 25.2 Å². The van der Waals surface area contributed by atoms with Crippen molar-refractivity contribution < 1.29 is 17.9 Å². The second-order valence-electron chi connectivity index (χ2n) is 7.56. The van der Waals surface area contributed by atoms with Crippen LogP contribution < -0.4 is 15.4 Å². The topological polar surface area (TPSA) is 52.1 Å². The predicted octanol–water partition coefficient (Wildman–Crippen LogP) is 2.79. The van der Waals surface area contributed by atoms with Crippen LogP contribution in [-0.4, -0.2) is 81.9 Å².